The Balaban J connectivity index is 2.08. The number of hydrogen-bond acceptors (Lipinski definition) is 3. The standard InChI is InChI=1S/C13H17NO2/c1-15-10-5-8-7-13(3-4-13)12(14)9(8)6-11(10)16-2/h5-6,12H,3-4,7,14H2,1-2H3. The third-order valence-electron chi connectivity index (χ3n) is 4.07. The van der Waals surface area contributed by atoms with E-state index >= 15 is 0 Å². The zero-order valence-corrected chi connectivity index (χ0v) is 9.75. The summed E-state index contributed by atoms with van der Waals surface area (Å²) in [5.74, 6) is 1.60. The molecule has 3 rings (SSSR count). The van der Waals surface area contributed by atoms with E-state index in [0.29, 0.717) is 5.41 Å². The van der Waals surface area contributed by atoms with Gasteiger partial charge in [0.15, 0.2) is 11.5 Å². The number of rotatable bonds is 2. The molecule has 0 radical (unpaired) electrons. The van der Waals surface area contributed by atoms with Crippen LogP contribution in [0, 0.1) is 5.41 Å². The van der Waals surface area contributed by atoms with Crippen molar-refractivity contribution in [3.05, 3.63) is 23.3 Å². The average Bonchev–Trinajstić information content (AvgIpc) is 3.02. The van der Waals surface area contributed by atoms with E-state index in [1.54, 1.807) is 14.2 Å². The van der Waals surface area contributed by atoms with Gasteiger partial charge in [0.2, 0.25) is 0 Å². The molecule has 0 aliphatic heterocycles. The van der Waals surface area contributed by atoms with Gasteiger partial charge >= 0.3 is 0 Å². The lowest BCUT2D eigenvalue weighted by molar-refractivity contribution is 0.354. The van der Waals surface area contributed by atoms with Crippen molar-refractivity contribution >= 4 is 0 Å². The Kier molecular flexibility index (Phi) is 1.96. The van der Waals surface area contributed by atoms with Crippen LogP contribution in [0.5, 0.6) is 11.5 Å². The fourth-order valence-electron chi connectivity index (χ4n) is 2.85. The molecule has 2 N–H and O–H groups in total. The normalized spacial score (nSPS) is 24.3. The monoisotopic (exact) mass is 219 g/mol. The first-order chi connectivity index (χ1) is 7.70. The molecule has 1 unspecified atom stereocenters. The summed E-state index contributed by atoms with van der Waals surface area (Å²) in [5.41, 5.74) is 9.25. The lowest BCUT2D eigenvalue weighted by Gasteiger charge is -2.14. The van der Waals surface area contributed by atoms with Crippen molar-refractivity contribution < 1.29 is 9.47 Å². The van der Waals surface area contributed by atoms with Gasteiger partial charge in [0.05, 0.1) is 14.2 Å². The minimum Gasteiger partial charge on any atom is -0.493 e. The summed E-state index contributed by atoms with van der Waals surface area (Å²) in [6.07, 6.45) is 3.62. The molecule has 86 valence electrons. The van der Waals surface area contributed by atoms with Crippen LogP contribution in [0.2, 0.25) is 0 Å². The van der Waals surface area contributed by atoms with Crippen molar-refractivity contribution in [2.75, 3.05) is 14.2 Å². The Labute approximate surface area is 95.5 Å². The van der Waals surface area contributed by atoms with E-state index in [1.807, 2.05) is 6.07 Å². The first-order valence-electron chi connectivity index (χ1n) is 5.70. The van der Waals surface area contributed by atoms with Gasteiger partial charge in [0.1, 0.15) is 0 Å². The molecule has 1 fully saturated rings. The molecule has 0 amide bonds. The number of fused-ring (bicyclic) bond motifs is 1. The second kappa shape index (κ2) is 3.14. The van der Waals surface area contributed by atoms with Crippen molar-refractivity contribution in [3.8, 4) is 11.5 Å². The number of nitrogens with two attached hydrogens (primary N) is 1. The van der Waals surface area contributed by atoms with Crippen molar-refractivity contribution in [2.24, 2.45) is 11.1 Å². The van der Waals surface area contributed by atoms with E-state index < -0.39 is 0 Å². The second-order valence-electron chi connectivity index (χ2n) is 4.92. The van der Waals surface area contributed by atoms with Crippen LogP contribution in [0.15, 0.2) is 12.1 Å². The van der Waals surface area contributed by atoms with E-state index in [9.17, 15) is 0 Å². The molecular formula is C13H17NO2. The second-order valence-corrected chi connectivity index (χ2v) is 4.92. The van der Waals surface area contributed by atoms with E-state index in [0.717, 1.165) is 17.9 Å². The minimum absolute atomic E-state index is 0.183. The molecule has 3 heteroatoms. The highest BCUT2D eigenvalue weighted by Crippen LogP contribution is 2.61. The highest BCUT2D eigenvalue weighted by Gasteiger charge is 2.53. The molecule has 0 aromatic heterocycles. The van der Waals surface area contributed by atoms with Gasteiger partial charge in [-0.25, -0.2) is 0 Å². The van der Waals surface area contributed by atoms with Gasteiger partial charge < -0.3 is 15.2 Å². The van der Waals surface area contributed by atoms with Gasteiger partial charge in [0, 0.05) is 6.04 Å². The van der Waals surface area contributed by atoms with Gasteiger partial charge in [-0.05, 0) is 47.9 Å². The Morgan fingerprint density at radius 1 is 1.19 bits per heavy atom. The molecule has 0 saturated heterocycles. The fraction of sp³-hybridized carbons (Fsp3) is 0.538. The highest BCUT2D eigenvalue weighted by atomic mass is 16.5. The molecular weight excluding hydrogens is 202 g/mol. The van der Waals surface area contributed by atoms with Crippen molar-refractivity contribution in [1.82, 2.24) is 0 Å². The lowest BCUT2D eigenvalue weighted by atomic mass is 9.99. The first-order valence-corrected chi connectivity index (χ1v) is 5.70. The Morgan fingerprint density at radius 2 is 1.81 bits per heavy atom. The van der Waals surface area contributed by atoms with Crippen molar-refractivity contribution in [1.29, 1.82) is 0 Å². The minimum atomic E-state index is 0.183. The maximum absolute atomic E-state index is 6.31. The van der Waals surface area contributed by atoms with Crippen LogP contribution in [-0.2, 0) is 6.42 Å². The van der Waals surface area contributed by atoms with Crippen LogP contribution in [0.25, 0.3) is 0 Å². The van der Waals surface area contributed by atoms with Gasteiger partial charge in [-0.3, -0.25) is 0 Å². The van der Waals surface area contributed by atoms with Crippen molar-refractivity contribution in [3.63, 3.8) is 0 Å². The van der Waals surface area contributed by atoms with Crippen LogP contribution in [0.1, 0.15) is 30.0 Å². The van der Waals surface area contributed by atoms with E-state index in [1.165, 1.54) is 24.0 Å². The van der Waals surface area contributed by atoms with Crippen LogP contribution in [0.4, 0.5) is 0 Å². The summed E-state index contributed by atoms with van der Waals surface area (Å²) in [7, 11) is 3.34. The van der Waals surface area contributed by atoms with Crippen LogP contribution >= 0.6 is 0 Å². The molecule has 3 nitrogen and oxygen atoms in total. The fourth-order valence-corrected chi connectivity index (χ4v) is 2.85. The maximum atomic E-state index is 6.31. The molecule has 1 aromatic rings. The lowest BCUT2D eigenvalue weighted by Crippen LogP contribution is -2.17. The van der Waals surface area contributed by atoms with Gasteiger partial charge in [-0.15, -0.1) is 0 Å². The third kappa shape index (κ3) is 1.18. The average molecular weight is 219 g/mol. The van der Waals surface area contributed by atoms with Crippen LogP contribution < -0.4 is 15.2 Å². The maximum Gasteiger partial charge on any atom is 0.161 e. The van der Waals surface area contributed by atoms with E-state index in [2.05, 4.69) is 6.07 Å². The molecule has 16 heavy (non-hydrogen) atoms. The molecule has 1 aromatic carbocycles. The first kappa shape index (κ1) is 9.97. The van der Waals surface area contributed by atoms with E-state index in [4.69, 9.17) is 15.2 Å². The molecule has 0 heterocycles. The molecule has 0 bridgehead atoms. The summed E-state index contributed by atoms with van der Waals surface area (Å²) in [5, 5.41) is 0. The van der Waals surface area contributed by atoms with Gasteiger partial charge in [0.25, 0.3) is 0 Å². The molecule has 2 aliphatic rings. The molecule has 2 aliphatic carbocycles. The zero-order valence-electron chi connectivity index (χ0n) is 9.75. The summed E-state index contributed by atoms with van der Waals surface area (Å²) < 4.78 is 10.6. The highest BCUT2D eigenvalue weighted by molar-refractivity contribution is 5.52. The van der Waals surface area contributed by atoms with Gasteiger partial charge in [-0.1, -0.05) is 0 Å². The quantitative estimate of drug-likeness (QED) is 0.827. The number of hydrogen-bond donors (Lipinski definition) is 1. The van der Waals surface area contributed by atoms with Crippen LogP contribution in [0.3, 0.4) is 0 Å². The number of ether oxygens (including phenoxy) is 2. The molecule has 1 saturated carbocycles. The Bertz CT molecular complexity index is 438. The van der Waals surface area contributed by atoms with E-state index in [-0.39, 0.29) is 6.04 Å². The topological polar surface area (TPSA) is 44.5 Å². The Hall–Kier alpha value is -1.22. The zero-order chi connectivity index (χ0) is 11.3. The Morgan fingerprint density at radius 3 is 2.38 bits per heavy atom. The SMILES string of the molecule is COc1cc2c(cc1OC)C(N)C1(CC1)C2. The predicted octanol–water partition coefficient (Wildman–Crippen LogP) is 2.04. The van der Waals surface area contributed by atoms with Gasteiger partial charge in [-0.2, -0.15) is 0 Å². The summed E-state index contributed by atoms with van der Waals surface area (Å²) in [6.45, 7) is 0. The third-order valence-corrected chi connectivity index (χ3v) is 4.07. The summed E-state index contributed by atoms with van der Waals surface area (Å²) in [6, 6.07) is 4.31. The number of methoxy groups -OCH3 is 2. The predicted molar refractivity (Wildman–Crippen MR) is 61.8 cm³/mol. The molecule has 1 atom stereocenters. The van der Waals surface area contributed by atoms with Crippen LogP contribution in [-0.4, -0.2) is 14.2 Å². The van der Waals surface area contributed by atoms with Crippen molar-refractivity contribution in [2.45, 2.75) is 25.3 Å². The smallest absolute Gasteiger partial charge is 0.161 e. The summed E-state index contributed by atoms with van der Waals surface area (Å²) >= 11 is 0. The summed E-state index contributed by atoms with van der Waals surface area (Å²) in [4.78, 5) is 0. The largest absolute Gasteiger partial charge is 0.493 e. The number of benzene rings is 1. The molecule has 1 spiro atoms.